The summed E-state index contributed by atoms with van der Waals surface area (Å²) < 4.78 is 1.01. The van der Waals surface area contributed by atoms with Gasteiger partial charge in [0.25, 0.3) is 0 Å². The minimum absolute atomic E-state index is 0.195. The molecule has 0 saturated heterocycles. The molecule has 1 aromatic rings. The van der Waals surface area contributed by atoms with Gasteiger partial charge in [0, 0.05) is 22.7 Å². The van der Waals surface area contributed by atoms with E-state index < -0.39 is 0 Å². The van der Waals surface area contributed by atoms with Crippen LogP contribution < -0.4 is 0 Å². The van der Waals surface area contributed by atoms with Crippen LogP contribution in [0.1, 0.15) is 28.1 Å². The minimum atomic E-state index is 0.195. The molecule has 0 unspecified atom stereocenters. The van der Waals surface area contributed by atoms with E-state index in [0.29, 0.717) is 12.3 Å². The predicted molar refractivity (Wildman–Crippen MR) is 61.0 cm³/mol. The maximum atomic E-state index is 11.6. The van der Waals surface area contributed by atoms with E-state index in [-0.39, 0.29) is 5.78 Å². The Morgan fingerprint density at radius 2 is 2.38 bits per heavy atom. The molecule has 0 atom stereocenters. The van der Waals surface area contributed by atoms with Crippen molar-refractivity contribution >= 4 is 44.7 Å². The van der Waals surface area contributed by atoms with Crippen molar-refractivity contribution in [3.63, 3.8) is 0 Å². The molecule has 1 rings (SSSR count). The van der Waals surface area contributed by atoms with Crippen LogP contribution in [-0.4, -0.2) is 11.7 Å². The van der Waals surface area contributed by atoms with Gasteiger partial charge in [-0.1, -0.05) is 0 Å². The van der Waals surface area contributed by atoms with Crippen LogP contribution in [0.4, 0.5) is 0 Å². The van der Waals surface area contributed by atoms with Crippen molar-refractivity contribution in [1.82, 2.24) is 0 Å². The molecule has 0 aliphatic carbocycles. The van der Waals surface area contributed by atoms with Gasteiger partial charge < -0.3 is 0 Å². The Labute approximate surface area is 95.2 Å². The summed E-state index contributed by atoms with van der Waals surface area (Å²) in [6.07, 6.45) is 1.31. The standard InChI is InChI=1S/C9H10BrClOS/c1-6-7(5-9(10)13-6)8(12)3-2-4-11/h5H,2-4H2,1H3. The highest BCUT2D eigenvalue weighted by Crippen LogP contribution is 2.27. The molecule has 0 aliphatic heterocycles. The second-order valence-electron chi connectivity index (χ2n) is 2.74. The molecule has 1 heterocycles. The zero-order valence-corrected chi connectivity index (χ0v) is 10.4. The van der Waals surface area contributed by atoms with Gasteiger partial charge >= 0.3 is 0 Å². The number of hydrogen-bond acceptors (Lipinski definition) is 2. The van der Waals surface area contributed by atoms with Crippen LogP contribution in [0.25, 0.3) is 0 Å². The second kappa shape index (κ2) is 5.13. The van der Waals surface area contributed by atoms with Crippen LogP contribution in [0.3, 0.4) is 0 Å². The molecule has 1 aromatic heterocycles. The zero-order chi connectivity index (χ0) is 9.84. The van der Waals surface area contributed by atoms with Gasteiger partial charge in [0.1, 0.15) is 0 Å². The normalized spacial score (nSPS) is 10.4. The van der Waals surface area contributed by atoms with E-state index in [2.05, 4.69) is 15.9 Å². The third kappa shape index (κ3) is 3.08. The lowest BCUT2D eigenvalue weighted by molar-refractivity contribution is 0.0982. The van der Waals surface area contributed by atoms with E-state index in [0.717, 1.165) is 20.6 Å². The van der Waals surface area contributed by atoms with E-state index in [1.807, 2.05) is 13.0 Å². The number of ketones is 1. The first-order chi connectivity index (χ1) is 6.15. The molecule has 0 spiro atoms. The van der Waals surface area contributed by atoms with Crippen molar-refractivity contribution in [2.75, 3.05) is 5.88 Å². The Morgan fingerprint density at radius 1 is 1.69 bits per heavy atom. The van der Waals surface area contributed by atoms with Crippen LogP contribution in [0.15, 0.2) is 9.85 Å². The molecule has 1 nitrogen and oxygen atoms in total. The van der Waals surface area contributed by atoms with E-state index in [1.54, 1.807) is 11.3 Å². The highest BCUT2D eigenvalue weighted by Gasteiger charge is 2.11. The molecule has 4 heteroatoms. The highest BCUT2D eigenvalue weighted by molar-refractivity contribution is 9.11. The molecule has 0 amide bonds. The van der Waals surface area contributed by atoms with Crippen LogP contribution in [0.2, 0.25) is 0 Å². The Bertz CT molecular complexity index is 309. The lowest BCUT2D eigenvalue weighted by Gasteiger charge is -1.96. The maximum Gasteiger partial charge on any atom is 0.164 e. The number of carbonyl (C=O) groups is 1. The van der Waals surface area contributed by atoms with Crippen LogP contribution in [-0.2, 0) is 0 Å². The Hall–Kier alpha value is 0.140. The van der Waals surface area contributed by atoms with Gasteiger partial charge in [0.05, 0.1) is 3.79 Å². The van der Waals surface area contributed by atoms with Crippen molar-refractivity contribution in [3.8, 4) is 0 Å². The number of thiophene rings is 1. The summed E-state index contributed by atoms with van der Waals surface area (Å²) in [7, 11) is 0. The van der Waals surface area contributed by atoms with Crippen LogP contribution in [0.5, 0.6) is 0 Å². The zero-order valence-electron chi connectivity index (χ0n) is 7.27. The first-order valence-electron chi connectivity index (χ1n) is 4.00. The molecule has 0 aromatic carbocycles. The van der Waals surface area contributed by atoms with E-state index in [9.17, 15) is 4.79 Å². The summed E-state index contributed by atoms with van der Waals surface area (Å²) in [6.45, 7) is 1.96. The Kier molecular flexibility index (Phi) is 4.42. The first kappa shape index (κ1) is 11.2. The van der Waals surface area contributed by atoms with Crippen LogP contribution in [0, 0.1) is 6.92 Å². The average Bonchev–Trinajstić information content (AvgIpc) is 2.41. The monoisotopic (exact) mass is 280 g/mol. The molecular weight excluding hydrogens is 272 g/mol. The lowest BCUT2D eigenvalue weighted by atomic mass is 10.1. The summed E-state index contributed by atoms with van der Waals surface area (Å²) in [5.74, 6) is 0.746. The number of Topliss-reactive ketones (excluding diaryl/α,β-unsaturated/α-hetero) is 1. The molecular formula is C9H10BrClOS. The molecule has 13 heavy (non-hydrogen) atoms. The van der Waals surface area contributed by atoms with Gasteiger partial charge in [-0.15, -0.1) is 22.9 Å². The van der Waals surface area contributed by atoms with Crippen molar-refractivity contribution in [2.45, 2.75) is 19.8 Å². The van der Waals surface area contributed by atoms with Crippen molar-refractivity contribution in [1.29, 1.82) is 0 Å². The molecule has 72 valence electrons. The molecule has 0 fully saturated rings. The number of halogens is 2. The van der Waals surface area contributed by atoms with Gasteiger partial charge in [0.2, 0.25) is 0 Å². The summed E-state index contributed by atoms with van der Waals surface area (Å²) >= 11 is 10.5. The van der Waals surface area contributed by atoms with Crippen LogP contribution >= 0.6 is 38.9 Å². The smallest absolute Gasteiger partial charge is 0.164 e. The molecule has 0 radical (unpaired) electrons. The number of carbonyl (C=O) groups excluding carboxylic acids is 1. The summed E-state index contributed by atoms with van der Waals surface area (Å²) in [6, 6.07) is 1.89. The molecule has 0 N–H and O–H groups in total. The topological polar surface area (TPSA) is 17.1 Å². The number of alkyl halides is 1. The van der Waals surface area contributed by atoms with Crippen molar-refractivity contribution in [2.24, 2.45) is 0 Å². The fourth-order valence-corrected chi connectivity index (χ4v) is 2.93. The van der Waals surface area contributed by atoms with Crippen molar-refractivity contribution < 1.29 is 4.79 Å². The maximum absolute atomic E-state index is 11.6. The summed E-state index contributed by atoms with van der Waals surface area (Å²) in [5, 5.41) is 0. The lowest BCUT2D eigenvalue weighted by Crippen LogP contribution is -1.98. The molecule has 0 bridgehead atoms. The van der Waals surface area contributed by atoms with E-state index in [1.165, 1.54) is 0 Å². The van der Waals surface area contributed by atoms with Gasteiger partial charge in [-0.05, 0) is 35.3 Å². The van der Waals surface area contributed by atoms with E-state index >= 15 is 0 Å². The third-order valence-electron chi connectivity index (χ3n) is 1.73. The number of aryl methyl sites for hydroxylation is 1. The predicted octanol–water partition coefficient (Wildman–Crippen LogP) is 4.02. The van der Waals surface area contributed by atoms with Gasteiger partial charge in [-0.3, -0.25) is 4.79 Å². The third-order valence-corrected chi connectivity index (χ3v) is 3.55. The van der Waals surface area contributed by atoms with Gasteiger partial charge in [-0.25, -0.2) is 0 Å². The first-order valence-corrected chi connectivity index (χ1v) is 6.14. The Balaban J connectivity index is 2.70. The Morgan fingerprint density at radius 3 is 2.85 bits per heavy atom. The molecule has 0 saturated carbocycles. The SMILES string of the molecule is Cc1sc(Br)cc1C(=O)CCCCl. The summed E-state index contributed by atoms with van der Waals surface area (Å²) in [4.78, 5) is 12.6. The number of rotatable bonds is 4. The van der Waals surface area contributed by atoms with Crippen molar-refractivity contribution in [3.05, 3.63) is 20.3 Å². The summed E-state index contributed by atoms with van der Waals surface area (Å²) in [5.41, 5.74) is 0.835. The minimum Gasteiger partial charge on any atom is -0.294 e. The van der Waals surface area contributed by atoms with Gasteiger partial charge in [0.15, 0.2) is 5.78 Å². The largest absolute Gasteiger partial charge is 0.294 e. The second-order valence-corrected chi connectivity index (χ2v) is 5.75. The highest BCUT2D eigenvalue weighted by atomic mass is 79.9. The fourth-order valence-electron chi connectivity index (χ4n) is 1.08. The average molecular weight is 282 g/mol. The number of hydrogen-bond donors (Lipinski definition) is 0. The molecule has 0 aliphatic rings. The quantitative estimate of drug-likeness (QED) is 0.602. The fraction of sp³-hybridized carbons (Fsp3) is 0.444. The van der Waals surface area contributed by atoms with Gasteiger partial charge in [-0.2, -0.15) is 0 Å². The van der Waals surface area contributed by atoms with E-state index in [4.69, 9.17) is 11.6 Å².